The summed E-state index contributed by atoms with van der Waals surface area (Å²) in [7, 11) is 0. The summed E-state index contributed by atoms with van der Waals surface area (Å²) in [6, 6.07) is 23.5. The lowest BCUT2D eigenvalue weighted by molar-refractivity contribution is -0.119. The Morgan fingerprint density at radius 3 is 2.36 bits per heavy atom. The van der Waals surface area contributed by atoms with Crippen LogP contribution < -0.4 is 9.64 Å². The molecule has 1 aliphatic heterocycles. The molecule has 5 heteroatoms. The molecule has 1 heterocycles. The fourth-order valence-corrected chi connectivity index (χ4v) is 4.73. The highest BCUT2D eigenvalue weighted by Gasteiger charge is 2.39. The molecule has 3 aromatic carbocycles. The van der Waals surface area contributed by atoms with E-state index in [2.05, 4.69) is 0 Å². The summed E-state index contributed by atoms with van der Waals surface area (Å²) >= 11 is 0. The van der Waals surface area contributed by atoms with Crippen LogP contribution in [0.3, 0.4) is 0 Å². The highest BCUT2D eigenvalue weighted by Crippen LogP contribution is 2.43. The predicted octanol–water partition coefficient (Wildman–Crippen LogP) is 5.93. The predicted molar refractivity (Wildman–Crippen MR) is 124 cm³/mol. The van der Waals surface area contributed by atoms with E-state index < -0.39 is 0 Å². The van der Waals surface area contributed by atoms with E-state index in [0.29, 0.717) is 24.2 Å². The quantitative estimate of drug-likeness (QED) is 0.493. The number of hydrogen-bond donors (Lipinski definition) is 0. The van der Waals surface area contributed by atoms with Crippen molar-refractivity contribution in [2.45, 2.75) is 38.2 Å². The maximum absolute atomic E-state index is 13.8. The molecule has 1 aliphatic carbocycles. The lowest BCUT2D eigenvalue weighted by atomic mass is 9.77. The minimum Gasteiger partial charge on any atom is -0.489 e. The molecule has 3 aromatic rings. The number of carbonyl (C=O) groups is 2. The van der Waals surface area contributed by atoms with E-state index in [4.69, 9.17) is 4.74 Å². The molecule has 0 bridgehead atoms. The van der Waals surface area contributed by atoms with Crippen LogP contribution in [0.15, 0.2) is 90.1 Å². The summed E-state index contributed by atoms with van der Waals surface area (Å²) in [5, 5.41) is 0. The van der Waals surface area contributed by atoms with Gasteiger partial charge < -0.3 is 4.74 Å². The van der Waals surface area contributed by atoms with Crippen molar-refractivity contribution in [3.8, 4) is 5.75 Å². The minimum atomic E-state index is -0.298. The number of anilines is 1. The van der Waals surface area contributed by atoms with E-state index in [0.717, 1.165) is 28.9 Å². The fraction of sp³-hybridized carbons (Fsp3) is 0.214. The molecule has 0 spiro atoms. The SMILES string of the molecule is O=C1CCCC2=C1C(c1ccc(OCc3ccccc3F)cc1)CC(=O)N2c1ccccc1. The second-order valence-electron chi connectivity index (χ2n) is 8.41. The Hall–Kier alpha value is -3.73. The van der Waals surface area contributed by atoms with Gasteiger partial charge in [0, 0.05) is 41.3 Å². The summed E-state index contributed by atoms with van der Waals surface area (Å²) in [5.74, 6) is 0.169. The van der Waals surface area contributed by atoms with Gasteiger partial charge in [-0.2, -0.15) is 0 Å². The lowest BCUT2D eigenvalue weighted by Gasteiger charge is -2.38. The third kappa shape index (κ3) is 4.19. The second-order valence-corrected chi connectivity index (χ2v) is 8.41. The van der Waals surface area contributed by atoms with Gasteiger partial charge in [0.1, 0.15) is 18.2 Å². The number of ether oxygens (including phenoxy) is 1. The first-order valence-electron chi connectivity index (χ1n) is 11.2. The van der Waals surface area contributed by atoms with E-state index >= 15 is 0 Å². The number of nitrogens with zero attached hydrogens (tertiary/aromatic N) is 1. The monoisotopic (exact) mass is 441 g/mol. The van der Waals surface area contributed by atoms with Crippen LogP contribution >= 0.6 is 0 Å². The van der Waals surface area contributed by atoms with Crippen LogP contribution in [0, 0.1) is 5.82 Å². The molecule has 5 rings (SSSR count). The highest BCUT2D eigenvalue weighted by atomic mass is 19.1. The molecule has 0 saturated heterocycles. The number of ketones is 1. The zero-order chi connectivity index (χ0) is 22.8. The molecule has 0 fully saturated rings. The zero-order valence-corrected chi connectivity index (χ0v) is 18.2. The molecule has 1 unspecified atom stereocenters. The molecule has 4 nitrogen and oxygen atoms in total. The lowest BCUT2D eigenvalue weighted by Crippen LogP contribution is -2.40. The van der Waals surface area contributed by atoms with Crippen molar-refractivity contribution < 1.29 is 18.7 Å². The van der Waals surface area contributed by atoms with Crippen LogP contribution in [-0.4, -0.2) is 11.7 Å². The molecule has 166 valence electrons. The van der Waals surface area contributed by atoms with Gasteiger partial charge in [0.05, 0.1) is 0 Å². The summed E-state index contributed by atoms with van der Waals surface area (Å²) in [5.41, 5.74) is 3.79. The van der Waals surface area contributed by atoms with Gasteiger partial charge in [0.15, 0.2) is 5.78 Å². The number of Topliss-reactive ketones (excluding diaryl/α,β-unsaturated/α-hetero) is 1. The van der Waals surface area contributed by atoms with Gasteiger partial charge in [-0.3, -0.25) is 14.5 Å². The van der Waals surface area contributed by atoms with Crippen molar-refractivity contribution >= 4 is 17.4 Å². The van der Waals surface area contributed by atoms with Gasteiger partial charge in [0.25, 0.3) is 0 Å². The van der Waals surface area contributed by atoms with Gasteiger partial charge in [-0.05, 0) is 48.7 Å². The molecule has 0 radical (unpaired) electrons. The Kier molecular flexibility index (Phi) is 5.78. The van der Waals surface area contributed by atoms with Crippen molar-refractivity contribution in [2.75, 3.05) is 4.90 Å². The van der Waals surface area contributed by atoms with Crippen molar-refractivity contribution in [3.05, 3.63) is 107 Å². The number of halogens is 1. The summed E-state index contributed by atoms with van der Waals surface area (Å²) < 4.78 is 19.6. The standard InChI is InChI=1S/C28H24FNO3/c29-24-10-5-4-7-20(24)18-33-22-15-13-19(14-16-22)23-17-27(32)30(21-8-2-1-3-9-21)25-11-6-12-26(31)28(23)25/h1-5,7-10,13-16,23H,6,11-12,17-18H2. The van der Waals surface area contributed by atoms with Gasteiger partial charge in [-0.25, -0.2) is 4.39 Å². The minimum absolute atomic E-state index is 0.000436. The Balaban J connectivity index is 1.42. The van der Waals surface area contributed by atoms with E-state index in [9.17, 15) is 14.0 Å². The normalized spacial score (nSPS) is 18.3. The molecule has 1 atom stereocenters. The van der Waals surface area contributed by atoms with E-state index in [1.54, 1.807) is 23.1 Å². The maximum Gasteiger partial charge on any atom is 0.232 e. The van der Waals surface area contributed by atoms with Crippen LogP contribution in [0.25, 0.3) is 0 Å². The summed E-state index contributed by atoms with van der Waals surface area (Å²) in [6.45, 7) is 0.133. The molecular formula is C28H24FNO3. The number of rotatable bonds is 5. The highest BCUT2D eigenvalue weighted by molar-refractivity contribution is 6.07. The molecular weight excluding hydrogens is 417 g/mol. The first-order valence-corrected chi connectivity index (χ1v) is 11.2. The fourth-order valence-electron chi connectivity index (χ4n) is 4.73. The maximum atomic E-state index is 13.8. The Bertz CT molecular complexity index is 1220. The first-order chi connectivity index (χ1) is 16.1. The number of benzene rings is 3. The number of amides is 1. The summed E-state index contributed by atoms with van der Waals surface area (Å²) in [4.78, 5) is 27.9. The number of hydrogen-bond acceptors (Lipinski definition) is 3. The van der Waals surface area contributed by atoms with Gasteiger partial charge in [-0.15, -0.1) is 0 Å². The summed E-state index contributed by atoms with van der Waals surface area (Å²) in [6.07, 6.45) is 2.22. The van der Waals surface area contributed by atoms with Crippen molar-refractivity contribution in [1.29, 1.82) is 0 Å². The average molecular weight is 442 g/mol. The Morgan fingerprint density at radius 2 is 1.61 bits per heavy atom. The molecule has 1 amide bonds. The second kappa shape index (κ2) is 9.02. The smallest absolute Gasteiger partial charge is 0.232 e. The molecule has 0 aromatic heterocycles. The van der Waals surface area contributed by atoms with Crippen molar-refractivity contribution in [3.63, 3.8) is 0 Å². The Morgan fingerprint density at radius 1 is 0.879 bits per heavy atom. The van der Waals surface area contributed by atoms with E-state index in [-0.39, 0.29) is 36.5 Å². The number of carbonyl (C=O) groups excluding carboxylic acids is 2. The molecule has 0 saturated carbocycles. The van der Waals surface area contributed by atoms with Crippen LogP contribution in [0.1, 0.15) is 42.7 Å². The zero-order valence-electron chi connectivity index (χ0n) is 18.2. The third-order valence-electron chi connectivity index (χ3n) is 6.32. The topological polar surface area (TPSA) is 46.6 Å². The van der Waals surface area contributed by atoms with Crippen LogP contribution in [-0.2, 0) is 16.2 Å². The average Bonchev–Trinajstić information content (AvgIpc) is 2.84. The van der Waals surface area contributed by atoms with E-state index in [1.165, 1.54) is 6.07 Å². The van der Waals surface area contributed by atoms with E-state index in [1.807, 2.05) is 54.6 Å². The van der Waals surface area contributed by atoms with Gasteiger partial charge >= 0.3 is 0 Å². The number of allylic oxidation sites excluding steroid dienone is 2. The molecule has 33 heavy (non-hydrogen) atoms. The van der Waals surface area contributed by atoms with Crippen LogP contribution in [0.5, 0.6) is 5.75 Å². The van der Waals surface area contributed by atoms with Gasteiger partial charge in [0.2, 0.25) is 5.91 Å². The molecule has 2 aliphatic rings. The van der Waals surface area contributed by atoms with Crippen molar-refractivity contribution in [2.24, 2.45) is 0 Å². The largest absolute Gasteiger partial charge is 0.489 e. The van der Waals surface area contributed by atoms with Crippen LogP contribution in [0.4, 0.5) is 10.1 Å². The molecule has 0 N–H and O–H groups in total. The van der Waals surface area contributed by atoms with Crippen molar-refractivity contribution in [1.82, 2.24) is 0 Å². The number of para-hydroxylation sites is 1. The first kappa shape index (κ1) is 21.1. The van der Waals surface area contributed by atoms with Crippen LogP contribution in [0.2, 0.25) is 0 Å². The van der Waals surface area contributed by atoms with Gasteiger partial charge in [-0.1, -0.05) is 48.5 Å². The third-order valence-corrected chi connectivity index (χ3v) is 6.32. The Labute approximate surface area is 192 Å².